The van der Waals surface area contributed by atoms with Crippen LogP contribution >= 0.6 is 45.2 Å². The molecule has 0 aromatic heterocycles. The Hall–Kier alpha value is -3.46. The van der Waals surface area contributed by atoms with Crippen LogP contribution in [0.25, 0.3) is 0 Å². The molecule has 2 N–H and O–H groups in total. The van der Waals surface area contributed by atoms with Gasteiger partial charge in [-0.25, -0.2) is 4.79 Å². The molecule has 456 valence electrons. The molecule has 0 unspecified atom stereocenters. The largest absolute Gasteiger partial charge is 0.464 e. The summed E-state index contributed by atoms with van der Waals surface area (Å²) in [5.41, 5.74) is -0.324. The number of cyclic esters (lactones) is 1. The number of fused-ring (bicyclic) bond motifs is 3. The molecule has 0 aromatic carbocycles. The van der Waals surface area contributed by atoms with Crippen LogP contribution in [0.2, 0.25) is 0 Å². The number of rotatable bonds is 14. The van der Waals surface area contributed by atoms with Crippen LogP contribution in [0.5, 0.6) is 0 Å². The van der Waals surface area contributed by atoms with E-state index in [4.69, 9.17) is 37.9 Å². The van der Waals surface area contributed by atoms with E-state index in [1.165, 1.54) is 21.1 Å². The molecular formula is C60H89I2NO18. The lowest BCUT2D eigenvalue weighted by Crippen LogP contribution is -2.61. The molecular weight excluding hydrogens is 1280 g/mol. The molecule has 81 heavy (non-hydrogen) atoms. The van der Waals surface area contributed by atoms with Crippen LogP contribution in [0.4, 0.5) is 0 Å². The molecule has 1 amide bonds. The Bertz CT molecular complexity index is 2280. The fourth-order valence-electron chi connectivity index (χ4n) is 11.2. The summed E-state index contributed by atoms with van der Waals surface area (Å²) >= 11 is 3.69. The summed E-state index contributed by atoms with van der Waals surface area (Å²) in [6.45, 7) is 13.2. The lowest BCUT2D eigenvalue weighted by molar-refractivity contribution is -0.265. The van der Waals surface area contributed by atoms with Crippen molar-refractivity contribution < 1.29 is 86.5 Å². The normalized spacial score (nSPS) is 33.7. The van der Waals surface area contributed by atoms with Crippen molar-refractivity contribution in [2.45, 2.75) is 187 Å². The third-order valence-electron chi connectivity index (χ3n) is 16.5. The molecule has 3 heterocycles. The fourth-order valence-corrected chi connectivity index (χ4v) is 11.7. The minimum atomic E-state index is -2.49. The zero-order valence-electron chi connectivity index (χ0n) is 49.2. The van der Waals surface area contributed by atoms with Crippen LogP contribution in [-0.4, -0.2) is 167 Å². The summed E-state index contributed by atoms with van der Waals surface area (Å²) in [6.07, 6.45) is 9.19. The number of carbonyl (C=O) groups excluding carboxylic acids is 8. The number of amides is 1. The second-order valence-corrected chi connectivity index (χ2v) is 24.6. The highest BCUT2D eigenvalue weighted by Crippen LogP contribution is 2.39. The van der Waals surface area contributed by atoms with Crippen molar-refractivity contribution in [3.63, 3.8) is 0 Å². The second-order valence-electron chi connectivity index (χ2n) is 23.1. The molecule has 3 aliphatic heterocycles. The van der Waals surface area contributed by atoms with E-state index in [9.17, 15) is 48.6 Å². The van der Waals surface area contributed by atoms with E-state index in [-0.39, 0.29) is 71.3 Å². The number of hydrogen-bond donors (Lipinski definition) is 2. The highest BCUT2D eigenvalue weighted by molar-refractivity contribution is 14.1. The zero-order chi connectivity index (χ0) is 60.4. The van der Waals surface area contributed by atoms with Gasteiger partial charge in [0.05, 0.1) is 27.2 Å². The highest BCUT2D eigenvalue weighted by atomic mass is 127. The average molecular weight is 1370 g/mol. The van der Waals surface area contributed by atoms with Gasteiger partial charge in [0, 0.05) is 58.5 Å². The van der Waals surface area contributed by atoms with E-state index in [0.29, 0.717) is 63.4 Å². The summed E-state index contributed by atoms with van der Waals surface area (Å²) in [5, 5.41) is 23.6. The third kappa shape index (κ3) is 19.8. The molecule has 21 heteroatoms. The molecule has 1 saturated carbocycles. The Balaban J connectivity index is 1.68. The smallest absolute Gasteiger partial charge is 0.329 e. The average Bonchev–Trinajstić information content (AvgIpc) is 3.46. The Morgan fingerprint density at radius 2 is 1.49 bits per heavy atom. The van der Waals surface area contributed by atoms with Crippen LogP contribution < -0.4 is 0 Å². The SMILES string of the molecule is CO[C@H]1C[C@@H]2CC[C@@H](C)[C@@](O)(O2)C(=O)C(=O)N2CCCC[C@H]2C(=O)O[C@H]([C@H](C)C[C@@H]2CC[C@@H](OC(=O)C(C)(COC(=O)CI)COC(=O)CI)[C@H](OC)C2)CC(=O)[C@H](C)/C=C(\C)[C@@H](O)[C@@H](OC)C(=O)[C@H](C)C[C@H](C)/C=C/C=CC=C1C. The Morgan fingerprint density at radius 1 is 0.827 bits per heavy atom. The van der Waals surface area contributed by atoms with Gasteiger partial charge in [-0.1, -0.05) is 116 Å². The Morgan fingerprint density at radius 3 is 2.11 bits per heavy atom. The van der Waals surface area contributed by atoms with Gasteiger partial charge in [0.15, 0.2) is 5.78 Å². The molecule has 15 atom stereocenters. The molecule has 19 nitrogen and oxygen atoms in total. The van der Waals surface area contributed by atoms with E-state index in [2.05, 4.69) is 0 Å². The van der Waals surface area contributed by atoms with Crippen molar-refractivity contribution in [3.05, 3.63) is 47.6 Å². The predicted molar refractivity (Wildman–Crippen MR) is 317 cm³/mol. The van der Waals surface area contributed by atoms with Crippen LogP contribution in [-0.2, 0) is 76.3 Å². The van der Waals surface area contributed by atoms with Crippen LogP contribution in [0.1, 0.15) is 132 Å². The molecule has 2 bridgehead atoms. The number of halogens is 2. The fraction of sp³-hybridized carbons (Fsp3) is 0.733. The number of allylic oxidation sites excluding steroid dienone is 6. The summed E-state index contributed by atoms with van der Waals surface area (Å²) in [4.78, 5) is 111. The van der Waals surface area contributed by atoms with Gasteiger partial charge in [-0.05, 0) is 114 Å². The topological polar surface area (TPSA) is 254 Å². The predicted octanol–water partition coefficient (Wildman–Crippen LogP) is 7.69. The number of hydrogen-bond acceptors (Lipinski definition) is 18. The Labute approximate surface area is 506 Å². The Kier molecular flexibility index (Phi) is 28.8. The number of aliphatic hydroxyl groups excluding tert-OH is 1. The van der Waals surface area contributed by atoms with Gasteiger partial charge in [0.25, 0.3) is 11.7 Å². The van der Waals surface area contributed by atoms with Gasteiger partial charge in [-0.3, -0.25) is 33.6 Å². The quantitative estimate of drug-likeness (QED) is 0.0422. The van der Waals surface area contributed by atoms with Gasteiger partial charge in [-0.15, -0.1) is 0 Å². The number of aliphatic hydroxyl groups is 2. The van der Waals surface area contributed by atoms with Gasteiger partial charge < -0.3 is 53.0 Å². The van der Waals surface area contributed by atoms with E-state index in [1.807, 2.05) is 96.3 Å². The first-order valence-electron chi connectivity index (χ1n) is 28.4. The van der Waals surface area contributed by atoms with Crippen LogP contribution in [0.15, 0.2) is 47.6 Å². The summed E-state index contributed by atoms with van der Waals surface area (Å²) in [7, 11) is 4.41. The summed E-state index contributed by atoms with van der Waals surface area (Å²) in [5.74, 6) is -10.7. The number of methoxy groups -OCH3 is 3. The molecule has 1 aliphatic carbocycles. The van der Waals surface area contributed by atoms with Crippen LogP contribution in [0.3, 0.4) is 0 Å². The molecule has 4 rings (SSSR count). The molecule has 2 saturated heterocycles. The zero-order valence-corrected chi connectivity index (χ0v) is 53.5. The third-order valence-corrected chi connectivity index (χ3v) is 17.8. The lowest BCUT2D eigenvalue weighted by Gasteiger charge is -2.42. The second kappa shape index (κ2) is 33.3. The van der Waals surface area contributed by atoms with Crippen molar-refractivity contribution in [2.75, 3.05) is 49.9 Å². The van der Waals surface area contributed by atoms with Crippen molar-refractivity contribution in [2.24, 2.45) is 40.9 Å². The van der Waals surface area contributed by atoms with Crippen molar-refractivity contribution in [1.82, 2.24) is 4.90 Å². The molecule has 3 fully saturated rings. The van der Waals surface area contributed by atoms with Gasteiger partial charge in [0.2, 0.25) is 5.79 Å². The lowest BCUT2D eigenvalue weighted by atomic mass is 9.78. The minimum absolute atomic E-state index is 0.0197. The first-order valence-corrected chi connectivity index (χ1v) is 31.5. The van der Waals surface area contributed by atoms with E-state index in [1.54, 1.807) is 40.9 Å². The maximum atomic E-state index is 14.7. The first kappa shape index (κ1) is 70.0. The number of esters is 4. The molecule has 4 aliphatic rings. The maximum absolute atomic E-state index is 14.7. The van der Waals surface area contributed by atoms with Gasteiger partial charge in [0.1, 0.15) is 54.9 Å². The monoisotopic (exact) mass is 1370 g/mol. The summed E-state index contributed by atoms with van der Waals surface area (Å²) in [6, 6.07) is -1.23. The first-order chi connectivity index (χ1) is 38.3. The minimum Gasteiger partial charge on any atom is -0.464 e. The summed E-state index contributed by atoms with van der Waals surface area (Å²) < 4.78 is 46.7. The molecule has 0 spiro atoms. The van der Waals surface area contributed by atoms with Crippen molar-refractivity contribution >= 4 is 92.3 Å². The van der Waals surface area contributed by atoms with Crippen LogP contribution in [0, 0.1) is 40.9 Å². The van der Waals surface area contributed by atoms with Gasteiger partial charge >= 0.3 is 23.9 Å². The van der Waals surface area contributed by atoms with Crippen molar-refractivity contribution in [3.8, 4) is 0 Å². The number of ether oxygens (including phenoxy) is 8. The highest BCUT2D eigenvalue weighted by Gasteiger charge is 2.53. The maximum Gasteiger partial charge on any atom is 0.329 e. The number of carbonyl (C=O) groups is 8. The number of piperidine rings is 1. The number of nitrogens with zero attached hydrogens (tertiary/aromatic N) is 1. The van der Waals surface area contributed by atoms with Crippen molar-refractivity contribution in [1.29, 1.82) is 0 Å². The van der Waals surface area contributed by atoms with E-state index < -0.39 is 119 Å². The standard InChI is InChI=1S/C60H89I2NO18/c1-35-17-13-12-14-18-36(2)47(74-9)29-43-22-20-41(7)60(73,81-43)55(69)56(70)63-24-16-15-19-44(63)57(71)79-48(30-45(64)37(3)26-40(6)53(68)54(76-11)52(67)39(5)25-35)38(4)27-42-21-23-46(49(28-42)75-10)80-58(72)59(8,33-77-50(65)31-61)34-78-51(66)32-62/h12-14,17-18,26,35,37-39,41-44,46-49,53-54,68,73H,15-16,19-25,27-34H2,1-11H3/b14-12?,17-13+,36-18?,40-26+/t35-,37-,38-,39-,41-,42+,43+,44+,46-,47+,48+,49-,53-,54+,60-/m1/s1. The number of alkyl halides is 2. The van der Waals surface area contributed by atoms with E-state index in [0.717, 1.165) is 10.5 Å². The number of Topliss-reactive ketones (excluding diaryl/α,β-unsaturated/α-hetero) is 3. The number of ketones is 3. The van der Waals surface area contributed by atoms with Gasteiger partial charge in [-0.2, -0.15) is 0 Å². The molecule has 0 aromatic rings. The molecule has 0 radical (unpaired) electrons. The van der Waals surface area contributed by atoms with E-state index >= 15 is 0 Å².